The van der Waals surface area contributed by atoms with Crippen LogP contribution in [0.4, 0.5) is 13.2 Å². The molecule has 0 amide bonds. The second kappa shape index (κ2) is 8.63. The van der Waals surface area contributed by atoms with E-state index in [0.29, 0.717) is 23.2 Å². The molecule has 30 heavy (non-hydrogen) atoms. The number of aromatic amines is 1. The van der Waals surface area contributed by atoms with E-state index in [9.17, 15) is 18.0 Å². The number of H-pyrrole nitrogens is 1. The highest BCUT2D eigenvalue weighted by molar-refractivity contribution is 5.77. The zero-order chi connectivity index (χ0) is 21.3. The van der Waals surface area contributed by atoms with Gasteiger partial charge in [0.15, 0.2) is 0 Å². The summed E-state index contributed by atoms with van der Waals surface area (Å²) in [5, 5.41) is 0. The van der Waals surface area contributed by atoms with Crippen molar-refractivity contribution in [1.82, 2.24) is 14.5 Å². The van der Waals surface area contributed by atoms with E-state index in [0.717, 1.165) is 58.2 Å². The molecule has 166 valence electrons. The quantitative estimate of drug-likeness (QED) is 0.777. The minimum absolute atomic E-state index is 0.0385. The molecule has 2 fully saturated rings. The molecule has 0 radical (unpaired) electrons. The number of alkyl halides is 3. The monoisotopic (exact) mass is 427 g/mol. The van der Waals surface area contributed by atoms with Crippen LogP contribution in [0.5, 0.6) is 5.75 Å². The average molecular weight is 427 g/mol. The average Bonchev–Trinajstić information content (AvgIpc) is 3.03. The number of aromatic nitrogens is 2. The van der Waals surface area contributed by atoms with Crippen molar-refractivity contribution in [1.29, 1.82) is 0 Å². The fourth-order valence-electron chi connectivity index (χ4n) is 4.98. The molecule has 2 heterocycles. The summed E-state index contributed by atoms with van der Waals surface area (Å²) in [5.74, 6) is -0.314. The van der Waals surface area contributed by atoms with Crippen molar-refractivity contribution in [3.8, 4) is 5.75 Å². The molecule has 1 saturated carbocycles. The lowest BCUT2D eigenvalue weighted by Gasteiger charge is -2.40. The minimum atomic E-state index is -4.76. The Labute approximate surface area is 172 Å². The molecule has 6 nitrogen and oxygen atoms in total. The third kappa shape index (κ3) is 4.67. The fourth-order valence-corrected chi connectivity index (χ4v) is 4.98. The first kappa shape index (κ1) is 21.2. The standard InChI is InChI=1S/C21H28F3N3O3/c1-2-29-16-5-3-14(4-6-16)26-11-9-15(10-12-26)27-19-13-17(30-21(22,23)24)7-8-18(19)25-20(27)28/h7-8,13-16H,2-6,9-12H2,1H3,(H,25,28)/t14-,16+. The molecule has 0 bridgehead atoms. The van der Waals surface area contributed by atoms with E-state index in [1.807, 2.05) is 6.92 Å². The Morgan fingerprint density at radius 3 is 2.40 bits per heavy atom. The molecule has 0 unspecified atom stereocenters. The number of hydrogen-bond acceptors (Lipinski definition) is 4. The molecule has 1 aromatic carbocycles. The van der Waals surface area contributed by atoms with Crippen molar-refractivity contribution in [3.63, 3.8) is 0 Å². The summed E-state index contributed by atoms with van der Waals surface area (Å²) >= 11 is 0. The number of halogens is 3. The number of fused-ring (bicyclic) bond motifs is 1. The maximum atomic E-state index is 12.6. The summed E-state index contributed by atoms with van der Waals surface area (Å²) in [5.41, 5.74) is 0.688. The lowest BCUT2D eigenvalue weighted by molar-refractivity contribution is -0.274. The van der Waals surface area contributed by atoms with E-state index in [1.165, 1.54) is 18.2 Å². The van der Waals surface area contributed by atoms with Gasteiger partial charge in [-0.2, -0.15) is 0 Å². The van der Waals surface area contributed by atoms with Crippen LogP contribution < -0.4 is 10.4 Å². The Kier molecular flexibility index (Phi) is 6.11. The molecule has 0 spiro atoms. The molecule has 1 aliphatic heterocycles. The van der Waals surface area contributed by atoms with Crippen LogP contribution in [0, 0.1) is 0 Å². The Morgan fingerprint density at radius 2 is 1.77 bits per heavy atom. The number of ether oxygens (including phenoxy) is 2. The van der Waals surface area contributed by atoms with E-state index in [-0.39, 0.29) is 17.5 Å². The summed E-state index contributed by atoms with van der Waals surface area (Å²) < 4.78 is 49.1. The van der Waals surface area contributed by atoms with E-state index >= 15 is 0 Å². The zero-order valence-corrected chi connectivity index (χ0v) is 17.1. The van der Waals surface area contributed by atoms with Crippen molar-refractivity contribution < 1.29 is 22.6 Å². The number of piperidine rings is 1. The van der Waals surface area contributed by atoms with Crippen LogP contribution in [0.25, 0.3) is 11.0 Å². The predicted molar refractivity (Wildman–Crippen MR) is 107 cm³/mol. The van der Waals surface area contributed by atoms with Crippen LogP contribution >= 0.6 is 0 Å². The van der Waals surface area contributed by atoms with Crippen molar-refractivity contribution in [2.75, 3.05) is 19.7 Å². The maximum Gasteiger partial charge on any atom is 0.573 e. The first-order valence-electron chi connectivity index (χ1n) is 10.7. The summed E-state index contributed by atoms with van der Waals surface area (Å²) in [6.45, 7) is 4.55. The van der Waals surface area contributed by atoms with Gasteiger partial charge in [-0.25, -0.2) is 4.79 Å². The van der Waals surface area contributed by atoms with Gasteiger partial charge in [-0.3, -0.25) is 4.57 Å². The number of nitrogens with zero attached hydrogens (tertiary/aromatic N) is 2. The maximum absolute atomic E-state index is 12.6. The van der Waals surface area contributed by atoms with E-state index in [1.54, 1.807) is 4.57 Å². The van der Waals surface area contributed by atoms with Crippen LogP contribution in [0.1, 0.15) is 51.5 Å². The number of likely N-dealkylation sites (tertiary alicyclic amines) is 1. The molecular weight excluding hydrogens is 399 g/mol. The first-order chi connectivity index (χ1) is 14.3. The molecule has 2 aliphatic rings. The van der Waals surface area contributed by atoms with Crippen molar-refractivity contribution in [2.45, 2.75) is 70.0 Å². The highest BCUT2D eigenvalue weighted by Gasteiger charge is 2.32. The van der Waals surface area contributed by atoms with Gasteiger partial charge in [0.25, 0.3) is 0 Å². The lowest BCUT2D eigenvalue weighted by atomic mass is 9.90. The van der Waals surface area contributed by atoms with E-state index in [4.69, 9.17) is 4.74 Å². The smallest absolute Gasteiger partial charge is 0.406 e. The topological polar surface area (TPSA) is 59.5 Å². The SMILES string of the molecule is CCO[C@H]1CC[C@@H](N2CCC(n3c(=O)[nH]c4ccc(OC(F)(F)F)cc43)CC2)CC1. The summed E-state index contributed by atoms with van der Waals surface area (Å²) in [6, 6.07) is 4.48. The van der Waals surface area contributed by atoms with Crippen LogP contribution in [0.15, 0.2) is 23.0 Å². The number of imidazole rings is 1. The number of rotatable bonds is 5. The molecule has 1 aromatic heterocycles. The van der Waals surface area contributed by atoms with Gasteiger partial charge in [-0.05, 0) is 57.6 Å². The van der Waals surface area contributed by atoms with Crippen molar-refractivity contribution >= 4 is 11.0 Å². The van der Waals surface area contributed by atoms with Gasteiger partial charge in [0.1, 0.15) is 5.75 Å². The highest BCUT2D eigenvalue weighted by atomic mass is 19.4. The molecule has 2 aromatic rings. The van der Waals surface area contributed by atoms with Gasteiger partial charge in [0.2, 0.25) is 0 Å². The van der Waals surface area contributed by atoms with Crippen LogP contribution in [0.3, 0.4) is 0 Å². The molecule has 9 heteroatoms. The fraction of sp³-hybridized carbons (Fsp3) is 0.667. The van der Waals surface area contributed by atoms with Crippen LogP contribution in [-0.2, 0) is 4.74 Å². The van der Waals surface area contributed by atoms with Crippen LogP contribution in [-0.4, -0.2) is 52.7 Å². The number of hydrogen-bond donors (Lipinski definition) is 1. The molecule has 1 saturated heterocycles. The lowest BCUT2D eigenvalue weighted by Crippen LogP contribution is -2.45. The van der Waals surface area contributed by atoms with Gasteiger partial charge < -0.3 is 19.4 Å². The highest BCUT2D eigenvalue weighted by Crippen LogP contribution is 2.32. The Bertz CT molecular complexity index is 908. The molecule has 0 atom stereocenters. The molecule has 4 rings (SSSR count). The second-order valence-corrected chi connectivity index (χ2v) is 8.18. The van der Waals surface area contributed by atoms with Gasteiger partial charge in [-0.15, -0.1) is 13.2 Å². The minimum Gasteiger partial charge on any atom is -0.406 e. The Morgan fingerprint density at radius 1 is 1.07 bits per heavy atom. The predicted octanol–water partition coefficient (Wildman–Crippen LogP) is 4.21. The zero-order valence-electron chi connectivity index (χ0n) is 17.1. The van der Waals surface area contributed by atoms with Crippen molar-refractivity contribution in [2.24, 2.45) is 0 Å². The van der Waals surface area contributed by atoms with Crippen molar-refractivity contribution in [3.05, 3.63) is 28.7 Å². The van der Waals surface area contributed by atoms with Gasteiger partial charge in [-0.1, -0.05) is 0 Å². The molecule has 1 N–H and O–H groups in total. The normalized spacial score (nSPS) is 24.4. The largest absolute Gasteiger partial charge is 0.573 e. The van der Waals surface area contributed by atoms with E-state index < -0.39 is 6.36 Å². The Balaban J connectivity index is 1.44. The molecule has 1 aliphatic carbocycles. The number of nitrogens with one attached hydrogen (secondary N) is 1. The number of benzene rings is 1. The summed E-state index contributed by atoms with van der Waals surface area (Å²) in [4.78, 5) is 17.8. The van der Waals surface area contributed by atoms with Gasteiger partial charge >= 0.3 is 12.1 Å². The van der Waals surface area contributed by atoms with E-state index in [2.05, 4.69) is 14.6 Å². The Hall–Kier alpha value is -2.00. The third-order valence-electron chi connectivity index (χ3n) is 6.35. The molecular formula is C21H28F3N3O3. The first-order valence-corrected chi connectivity index (χ1v) is 10.7. The third-order valence-corrected chi connectivity index (χ3v) is 6.35. The second-order valence-electron chi connectivity index (χ2n) is 8.18. The van der Waals surface area contributed by atoms with Gasteiger partial charge in [0.05, 0.1) is 17.1 Å². The van der Waals surface area contributed by atoms with Crippen LogP contribution in [0.2, 0.25) is 0 Å². The summed E-state index contributed by atoms with van der Waals surface area (Å²) in [7, 11) is 0. The summed E-state index contributed by atoms with van der Waals surface area (Å²) in [6.07, 6.45) is 1.63. The van der Waals surface area contributed by atoms with Gasteiger partial charge in [0, 0.05) is 37.8 Å².